The third kappa shape index (κ3) is 2.18. The Kier molecular flexibility index (Phi) is 2.74. The van der Waals surface area contributed by atoms with E-state index in [0.29, 0.717) is 18.1 Å². The van der Waals surface area contributed by atoms with Crippen LogP contribution in [0.25, 0.3) is 0 Å². The Morgan fingerprint density at radius 1 is 1.20 bits per heavy atom. The van der Waals surface area contributed by atoms with Crippen molar-refractivity contribution in [2.75, 3.05) is 26.2 Å². The maximum atomic E-state index is 11.9. The van der Waals surface area contributed by atoms with Crippen molar-refractivity contribution in [1.82, 2.24) is 9.80 Å². The van der Waals surface area contributed by atoms with Gasteiger partial charge in [0.2, 0.25) is 0 Å². The van der Waals surface area contributed by atoms with Gasteiger partial charge in [0.05, 0.1) is 0 Å². The van der Waals surface area contributed by atoms with Gasteiger partial charge in [-0.2, -0.15) is 0 Å². The number of carbonyl (C=O) groups is 1. The van der Waals surface area contributed by atoms with Crippen LogP contribution >= 0.6 is 0 Å². The van der Waals surface area contributed by atoms with Crippen molar-refractivity contribution < 1.29 is 9.53 Å². The van der Waals surface area contributed by atoms with Gasteiger partial charge in [-0.25, -0.2) is 4.79 Å². The predicted molar refractivity (Wildman–Crippen MR) is 75.2 cm³/mol. The zero-order chi connectivity index (χ0) is 13.6. The van der Waals surface area contributed by atoms with E-state index in [0.717, 1.165) is 18.7 Å². The second kappa shape index (κ2) is 4.48. The van der Waals surface area contributed by atoms with Crippen molar-refractivity contribution in [2.24, 2.45) is 5.41 Å². The molecule has 0 N–H and O–H groups in total. The highest BCUT2D eigenvalue weighted by Crippen LogP contribution is 2.53. The van der Waals surface area contributed by atoms with E-state index >= 15 is 0 Å². The third-order valence-electron chi connectivity index (χ3n) is 4.88. The first-order chi connectivity index (χ1) is 9.74. The van der Waals surface area contributed by atoms with E-state index < -0.39 is 0 Å². The lowest BCUT2D eigenvalue weighted by atomic mass is 9.92. The number of rotatable bonds is 3. The molecule has 3 aliphatic rings. The van der Waals surface area contributed by atoms with Gasteiger partial charge in [-0.05, 0) is 23.8 Å². The van der Waals surface area contributed by atoms with Crippen LogP contribution in [0, 0.1) is 5.41 Å². The third-order valence-corrected chi connectivity index (χ3v) is 4.88. The number of benzene rings is 1. The van der Waals surface area contributed by atoms with Crippen LogP contribution in [0.15, 0.2) is 30.3 Å². The Morgan fingerprint density at radius 2 is 1.90 bits per heavy atom. The summed E-state index contributed by atoms with van der Waals surface area (Å²) < 4.78 is 5.33. The van der Waals surface area contributed by atoms with Crippen molar-refractivity contribution in [1.29, 1.82) is 0 Å². The molecule has 1 aromatic rings. The molecule has 1 amide bonds. The molecule has 0 unspecified atom stereocenters. The van der Waals surface area contributed by atoms with Crippen LogP contribution < -0.4 is 0 Å². The Hall–Kier alpha value is -1.55. The van der Waals surface area contributed by atoms with Crippen LogP contribution in [0.5, 0.6) is 0 Å². The lowest BCUT2D eigenvalue weighted by Gasteiger charge is -2.52. The summed E-state index contributed by atoms with van der Waals surface area (Å²) in [7, 11) is 0. The highest BCUT2D eigenvalue weighted by atomic mass is 16.6. The molecule has 1 aromatic carbocycles. The molecule has 0 atom stereocenters. The summed E-state index contributed by atoms with van der Waals surface area (Å²) in [5, 5.41) is 0. The summed E-state index contributed by atoms with van der Waals surface area (Å²) in [5.74, 6) is 0. The molecule has 0 radical (unpaired) electrons. The fourth-order valence-electron chi connectivity index (χ4n) is 3.21. The van der Waals surface area contributed by atoms with Crippen molar-refractivity contribution in [3.63, 3.8) is 0 Å². The molecule has 2 aliphatic heterocycles. The zero-order valence-corrected chi connectivity index (χ0v) is 11.6. The van der Waals surface area contributed by atoms with Crippen LogP contribution in [0.2, 0.25) is 0 Å². The fourth-order valence-corrected chi connectivity index (χ4v) is 3.21. The van der Waals surface area contributed by atoms with Gasteiger partial charge in [-0.3, -0.25) is 4.90 Å². The Balaban J connectivity index is 1.19. The molecule has 3 fully saturated rings. The number of likely N-dealkylation sites (tertiary alicyclic amines) is 2. The average Bonchev–Trinajstić information content (AvgIpc) is 3.16. The van der Waals surface area contributed by atoms with Gasteiger partial charge in [-0.15, -0.1) is 0 Å². The summed E-state index contributed by atoms with van der Waals surface area (Å²) in [6.07, 6.45) is 2.66. The highest BCUT2D eigenvalue weighted by molar-refractivity contribution is 5.68. The molecule has 106 valence electrons. The minimum atomic E-state index is -0.174. The Labute approximate surface area is 119 Å². The average molecular weight is 272 g/mol. The van der Waals surface area contributed by atoms with Crippen molar-refractivity contribution in [3.05, 3.63) is 35.9 Å². The smallest absolute Gasteiger partial charge is 0.410 e. The molecule has 4 nitrogen and oxygen atoms in total. The quantitative estimate of drug-likeness (QED) is 0.845. The number of carbonyl (C=O) groups excluding carboxylic acids is 1. The summed E-state index contributed by atoms with van der Waals surface area (Å²) in [4.78, 5) is 16.2. The van der Waals surface area contributed by atoms with Crippen molar-refractivity contribution >= 4 is 6.09 Å². The first kappa shape index (κ1) is 12.2. The summed E-state index contributed by atoms with van der Waals surface area (Å²) >= 11 is 0. The van der Waals surface area contributed by atoms with E-state index in [1.54, 1.807) is 0 Å². The first-order valence-corrected chi connectivity index (χ1v) is 7.44. The van der Waals surface area contributed by atoms with Gasteiger partial charge in [0.15, 0.2) is 0 Å². The lowest BCUT2D eigenvalue weighted by molar-refractivity contribution is -0.0383. The van der Waals surface area contributed by atoms with Crippen molar-refractivity contribution in [3.8, 4) is 0 Å². The maximum absolute atomic E-state index is 11.9. The standard InChI is InChI=1S/C16H20N2O2/c19-15(20-10-13-4-2-1-3-5-13)17-8-14(9-17)18-11-16(12-18)6-7-16/h1-5,14H,6-12H2. The van der Waals surface area contributed by atoms with Gasteiger partial charge in [0.1, 0.15) is 6.61 Å². The zero-order valence-electron chi connectivity index (χ0n) is 11.6. The number of nitrogens with zero attached hydrogens (tertiary/aromatic N) is 2. The summed E-state index contributed by atoms with van der Waals surface area (Å²) in [5.41, 5.74) is 1.74. The second-order valence-corrected chi connectivity index (χ2v) is 6.50. The number of hydrogen-bond donors (Lipinski definition) is 0. The van der Waals surface area contributed by atoms with Gasteiger partial charge in [0, 0.05) is 32.2 Å². The number of amides is 1. The highest BCUT2D eigenvalue weighted by Gasteiger charge is 2.55. The van der Waals surface area contributed by atoms with E-state index in [1.165, 1.54) is 25.9 Å². The molecule has 0 aromatic heterocycles. The summed E-state index contributed by atoms with van der Waals surface area (Å²) in [6.45, 7) is 4.55. The molecular formula is C16H20N2O2. The number of hydrogen-bond acceptors (Lipinski definition) is 3. The largest absolute Gasteiger partial charge is 0.445 e. The van der Waals surface area contributed by atoms with E-state index in [2.05, 4.69) is 4.90 Å². The molecule has 0 bridgehead atoms. The minimum absolute atomic E-state index is 0.174. The van der Waals surface area contributed by atoms with E-state index in [-0.39, 0.29) is 6.09 Å². The Bertz CT molecular complexity index is 498. The van der Waals surface area contributed by atoms with Gasteiger partial charge < -0.3 is 9.64 Å². The molecule has 1 saturated carbocycles. The van der Waals surface area contributed by atoms with Crippen LogP contribution in [-0.2, 0) is 11.3 Å². The minimum Gasteiger partial charge on any atom is -0.445 e. The van der Waals surface area contributed by atoms with Crippen LogP contribution in [-0.4, -0.2) is 48.1 Å². The van der Waals surface area contributed by atoms with E-state index in [4.69, 9.17) is 4.74 Å². The number of ether oxygens (including phenoxy) is 1. The molecule has 1 spiro atoms. The predicted octanol–water partition coefficient (Wildman–Crippen LogP) is 2.10. The van der Waals surface area contributed by atoms with Crippen LogP contribution in [0.4, 0.5) is 4.79 Å². The van der Waals surface area contributed by atoms with E-state index in [9.17, 15) is 4.79 Å². The fraction of sp³-hybridized carbons (Fsp3) is 0.562. The Morgan fingerprint density at radius 3 is 2.55 bits per heavy atom. The molecule has 2 heterocycles. The molecular weight excluding hydrogens is 252 g/mol. The van der Waals surface area contributed by atoms with Gasteiger partial charge >= 0.3 is 6.09 Å². The normalized spacial score (nSPS) is 24.1. The molecule has 1 aliphatic carbocycles. The lowest BCUT2D eigenvalue weighted by Crippen LogP contribution is -2.66. The maximum Gasteiger partial charge on any atom is 0.410 e. The molecule has 4 heteroatoms. The van der Waals surface area contributed by atoms with Gasteiger partial charge in [-0.1, -0.05) is 30.3 Å². The van der Waals surface area contributed by atoms with Gasteiger partial charge in [0.25, 0.3) is 0 Å². The monoisotopic (exact) mass is 272 g/mol. The molecule has 20 heavy (non-hydrogen) atoms. The van der Waals surface area contributed by atoms with Crippen LogP contribution in [0.1, 0.15) is 18.4 Å². The topological polar surface area (TPSA) is 32.8 Å². The van der Waals surface area contributed by atoms with Crippen LogP contribution in [0.3, 0.4) is 0 Å². The summed E-state index contributed by atoms with van der Waals surface area (Å²) in [6, 6.07) is 10.4. The second-order valence-electron chi connectivity index (χ2n) is 6.50. The first-order valence-electron chi connectivity index (χ1n) is 7.44. The van der Waals surface area contributed by atoms with E-state index in [1.807, 2.05) is 35.2 Å². The molecule has 2 saturated heterocycles. The van der Waals surface area contributed by atoms with Crippen molar-refractivity contribution in [2.45, 2.75) is 25.5 Å². The molecule has 4 rings (SSSR count). The SMILES string of the molecule is O=C(OCc1ccccc1)N1CC(N2CC3(CC3)C2)C1.